The van der Waals surface area contributed by atoms with Crippen LogP contribution in [0.25, 0.3) is 0 Å². The van der Waals surface area contributed by atoms with Crippen LogP contribution < -0.4 is 4.89 Å². The molecule has 4 nitrogen and oxygen atoms in total. The number of carbonyl (C=O) groups is 1. The number of ether oxygens (including phenoxy) is 1. The number of rotatable bonds is 5. The molecule has 0 amide bonds. The Morgan fingerprint density at radius 3 is 2.32 bits per heavy atom. The summed E-state index contributed by atoms with van der Waals surface area (Å²) in [6, 6.07) is 15.8. The van der Waals surface area contributed by atoms with Crippen LogP contribution in [-0.2, 0) is 16.2 Å². The average molecular weight is 258 g/mol. The Kier molecular flexibility index (Phi) is 4.53. The topological polar surface area (TPSA) is 44.8 Å². The molecule has 0 saturated heterocycles. The van der Waals surface area contributed by atoms with Gasteiger partial charge < -0.3 is 4.74 Å². The van der Waals surface area contributed by atoms with E-state index in [2.05, 4.69) is 0 Å². The van der Waals surface area contributed by atoms with E-state index in [-0.39, 0.29) is 0 Å². The maximum Gasteiger partial charge on any atom is 0.386 e. The fraction of sp³-hybridized carbons (Fsp3) is 0.133. The van der Waals surface area contributed by atoms with Crippen molar-refractivity contribution >= 4 is 5.97 Å². The summed E-state index contributed by atoms with van der Waals surface area (Å²) in [5.41, 5.74) is 1.46. The SMILES string of the molecule is COCc1ccc(OOC(=O)c2ccccc2)cc1. The Bertz CT molecular complexity index is 520. The molecule has 2 aromatic carbocycles. The van der Waals surface area contributed by atoms with Crippen LogP contribution in [0.4, 0.5) is 0 Å². The first-order valence-corrected chi connectivity index (χ1v) is 5.81. The molecule has 0 heterocycles. The smallest absolute Gasteiger partial charge is 0.380 e. The van der Waals surface area contributed by atoms with Gasteiger partial charge in [0.25, 0.3) is 0 Å². The third-order valence-electron chi connectivity index (χ3n) is 2.46. The largest absolute Gasteiger partial charge is 0.386 e. The van der Waals surface area contributed by atoms with Gasteiger partial charge in [-0.1, -0.05) is 30.3 Å². The van der Waals surface area contributed by atoms with Gasteiger partial charge in [0.05, 0.1) is 12.2 Å². The van der Waals surface area contributed by atoms with Crippen LogP contribution in [0.5, 0.6) is 5.75 Å². The Morgan fingerprint density at radius 2 is 1.68 bits per heavy atom. The number of methoxy groups -OCH3 is 1. The molecule has 0 bridgehead atoms. The lowest BCUT2D eigenvalue weighted by Crippen LogP contribution is -2.08. The second-order valence-electron chi connectivity index (χ2n) is 3.90. The lowest BCUT2D eigenvalue weighted by Gasteiger charge is -2.05. The minimum Gasteiger partial charge on any atom is -0.380 e. The summed E-state index contributed by atoms with van der Waals surface area (Å²) < 4.78 is 5.00. The molecule has 4 heteroatoms. The van der Waals surface area contributed by atoms with Gasteiger partial charge >= 0.3 is 5.97 Å². The summed E-state index contributed by atoms with van der Waals surface area (Å²) in [5, 5.41) is 0. The van der Waals surface area contributed by atoms with Crippen molar-refractivity contribution in [1.29, 1.82) is 0 Å². The van der Waals surface area contributed by atoms with Crippen LogP contribution in [-0.4, -0.2) is 13.1 Å². The zero-order valence-corrected chi connectivity index (χ0v) is 10.5. The molecule has 0 atom stereocenters. The van der Waals surface area contributed by atoms with Gasteiger partial charge in [0.1, 0.15) is 0 Å². The van der Waals surface area contributed by atoms with Crippen molar-refractivity contribution in [2.75, 3.05) is 7.11 Å². The lowest BCUT2D eigenvalue weighted by molar-refractivity contribution is -0.149. The lowest BCUT2D eigenvalue weighted by atomic mass is 10.2. The van der Waals surface area contributed by atoms with Crippen LogP contribution in [0.1, 0.15) is 15.9 Å². The summed E-state index contributed by atoms with van der Waals surface area (Å²) in [7, 11) is 1.63. The normalized spacial score (nSPS) is 9.95. The highest BCUT2D eigenvalue weighted by molar-refractivity contribution is 5.88. The van der Waals surface area contributed by atoms with E-state index >= 15 is 0 Å². The molecule has 0 spiro atoms. The quantitative estimate of drug-likeness (QED) is 0.611. The van der Waals surface area contributed by atoms with Gasteiger partial charge in [-0.15, -0.1) is 0 Å². The van der Waals surface area contributed by atoms with Gasteiger partial charge in [0.2, 0.25) is 0 Å². The number of benzene rings is 2. The predicted molar refractivity (Wildman–Crippen MR) is 69.6 cm³/mol. The Balaban J connectivity index is 1.90. The Labute approximate surface area is 111 Å². The van der Waals surface area contributed by atoms with Crippen LogP contribution in [0.3, 0.4) is 0 Å². The van der Waals surface area contributed by atoms with E-state index in [1.54, 1.807) is 43.5 Å². The van der Waals surface area contributed by atoms with E-state index < -0.39 is 5.97 Å². The second kappa shape index (κ2) is 6.56. The minimum absolute atomic E-state index is 0.443. The molecule has 0 aliphatic carbocycles. The monoisotopic (exact) mass is 258 g/mol. The third kappa shape index (κ3) is 3.82. The van der Waals surface area contributed by atoms with E-state index in [9.17, 15) is 4.79 Å². The van der Waals surface area contributed by atoms with Gasteiger partial charge in [-0.2, -0.15) is 0 Å². The highest BCUT2D eigenvalue weighted by Gasteiger charge is 2.08. The third-order valence-corrected chi connectivity index (χ3v) is 2.46. The van der Waals surface area contributed by atoms with E-state index in [4.69, 9.17) is 14.5 Å². The molecule has 0 aliphatic heterocycles. The van der Waals surface area contributed by atoms with Gasteiger partial charge in [-0.3, -0.25) is 4.89 Å². The summed E-state index contributed by atoms with van der Waals surface area (Å²) in [6.07, 6.45) is 0. The van der Waals surface area contributed by atoms with E-state index in [0.717, 1.165) is 5.56 Å². The summed E-state index contributed by atoms with van der Waals surface area (Å²) in [5.74, 6) is -0.0642. The van der Waals surface area contributed by atoms with Crippen LogP contribution in [0.2, 0.25) is 0 Å². The van der Waals surface area contributed by atoms with Crippen molar-refractivity contribution in [3.8, 4) is 5.75 Å². The molecule has 0 fully saturated rings. The molecule has 0 aromatic heterocycles. The van der Waals surface area contributed by atoms with Crippen LogP contribution in [0.15, 0.2) is 54.6 Å². The number of carbonyl (C=O) groups excluding carboxylic acids is 1. The van der Waals surface area contributed by atoms with Crippen molar-refractivity contribution in [2.45, 2.75) is 6.61 Å². The molecule has 0 N–H and O–H groups in total. The first-order chi connectivity index (χ1) is 9.29. The zero-order valence-electron chi connectivity index (χ0n) is 10.5. The average Bonchev–Trinajstić information content (AvgIpc) is 2.47. The fourth-order valence-corrected chi connectivity index (χ4v) is 1.52. The highest BCUT2D eigenvalue weighted by atomic mass is 17.2. The van der Waals surface area contributed by atoms with Gasteiger partial charge in [-0.05, 0) is 29.8 Å². The summed E-state index contributed by atoms with van der Waals surface area (Å²) in [6.45, 7) is 0.532. The molecule has 2 rings (SSSR count). The van der Waals surface area contributed by atoms with Gasteiger partial charge in [0.15, 0.2) is 5.75 Å². The van der Waals surface area contributed by atoms with Crippen molar-refractivity contribution in [2.24, 2.45) is 0 Å². The molecule has 98 valence electrons. The Hall–Kier alpha value is -2.33. The first-order valence-electron chi connectivity index (χ1n) is 5.81. The maximum atomic E-state index is 11.6. The molecule has 0 unspecified atom stereocenters. The second-order valence-corrected chi connectivity index (χ2v) is 3.90. The van der Waals surface area contributed by atoms with Crippen molar-refractivity contribution in [3.05, 3.63) is 65.7 Å². The molecule has 19 heavy (non-hydrogen) atoms. The number of hydrogen-bond acceptors (Lipinski definition) is 4. The summed E-state index contributed by atoms with van der Waals surface area (Å²) >= 11 is 0. The maximum absolute atomic E-state index is 11.6. The summed E-state index contributed by atoms with van der Waals surface area (Å²) in [4.78, 5) is 21.3. The molecule has 0 saturated carbocycles. The standard InChI is InChI=1S/C15H14O4/c1-17-11-12-7-9-14(10-8-12)18-19-15(16)13-5-3-2-4-6-13/h2-10H,11H2,1H3. The molecular weight excluding hydrogens is 244 g/mol. The zero-order chi connectivity index (χ0) is 13.5. The first kappa shape index (κ1) is 13.1. The van der Waals surface area contributed by atoms with E-state index in [1.165, 1.54) is 0 Å². The van der Waals surface area contributed by atoms with Gasteiger partial charge in [0, 0.05) is 7.11 Å². The van der Waals surface area contributed by atoms with E-state index in [1.807, 2.05) is 18.2 Å². The van der Waals surface area contributed by atoms with Crippen molar-refractivity contribution in [3.63, 3.8) is 0 Å². The molecule has 0 radical (unpaired) electrons. The van der Waals surface area contributed by atoms with Gasteiger partial charge in [-0.25, -0.2) is 9.68 Å². The van der Waals surface area contributed by atoms with Crippen molar-refractivity contribution in [1.82, 2.24) is 0 Å². The van der Waals surface area contributed by atoms with Crippen LogP contribution in [0, 0.1) is 0 Å². The molecule has 2 aromatic rings. The van der Waals surface area contributed by atoms with E-state index in [0.29, 0.717) is 17.9 Å². The fourth-order valence-electron chi connectivity index (χ4n) is 1.52. The minimum atomic E-state index is -0.526. The highest BCUT2D eigenvalue weighted by Crippen LogP contribution is 2.13. The Morgan fingerprint density at radius 1 is 1.00 bits per heavy atom. The number of hydrogen-bond donors (Lipinski definition) is 0. The predicted octanol–water partition coefficient (Wildman–Crippen LogP) is 2.98. The molecular formula is C15H14O4. The van der Waals surface area contributed by atoms with Crippen LogP contribution >= 0.6 is 0 Å². The van der Waals surface area contributed by atoms with Crippen molar-refractivity contribution < 1.29 is 19.3 Å². The molecule has 0 aliphatic rings.